The van der Waals surface area contributed by atoms with Crippen molar-refractivity contribution in [1.82, 2.24) is 0 Å². The molecule has 0 bridgehead atoms. The summed E-state index contributed by atoms with van der Waals surface area (Å²) in [5.74, 6) is 3.02. The van der Waals surface area contributed by atoms with Crippen LogP contribution < -0.4 is 0 Å². The van der Waals surface area contributed by atoms with Gasteiger partial charge in [-0.3, -0.25) is 9.79 Å². The molecule has 0 unspecified atom stereocenters. The van der Waals surface area contributed by atoms with E-state index in [4.69, 9.17) is 9.73 Å². The van der Waals surface area contributed by atoms with Gasteiger partial charge in [-0.15, -0.1) is 0 Å². The fraction of sp³-hybridized carbons (Fsp3) is 0.913. The number of ether oxygens (including phenoxy) is 1. The number of carbonyl (C=O) groups excluding carboxylic acids is 1. The first-order chi connectivity index (χ1) is 12.9. The van der Waals surface area contributed by atoms with Crippen molar-refractivity contribution in [2.24, 2.45) is 39.5 Å². The van der Waals surface area contributed by atoms with Gasteiger partial charge < -0.3 is 9.84 Å². The van der Waals surface area contributed by atoms with E-state index in [1.54, 1.807) is 6.92 Å². The molecule has 0 saturated heterocycles. The zero-order valence-electron chi connectivity index (χ0n) is 17.4. The van der Waals surface area contributed by atoms with Crippen molar-refractivity contribution >= 4 is 11.7 Å². The van der Waals surface area contributed by atoms with Gasteiger partial charge in [0.15, 0.2) is 0 Å². The second-order valence-corrected chi connectivity index (χ2v) is 10.2. The van der Waals surface area contributed by atoms with Gasteiger partial charge in [0.1, 0.15) is 6.10 Å². The Kier molecular flexibility index (Phi) is 5.15. The Labute approximate surface area is 164 Å². The molecular weight excluding hydrogens is 338 g/mol. The molecule has 0 aromatic carbocycles. The van der Waals surface area contributed by atoms with Gasteiger partial charge in [0.25, 0.3) is 0 Å². The van der Waals surface area contributed by atoms with Crippen molar-refractivity contribution < 1.29 is 14.6 Å². The lowest BCUT2D eigenvalue weighted by molar-refractivity contribution is -0.158. The maximum absolute atomic E-state index is 11.4. The number of carbonyl (C=O) groups is 1. The minimum Gasteiger partial charge on any atom is -0.463 e. The zero-order valence-corrected chi connectivity index (χ0v) is 17.4. The lowest BCUT2D eigenvalue weighted by Crippen LogP contribution is -2.54. The molecule has 0 amide bonds. The van der Waals surface area contributed by atoms with Crippen LogP contribution in [0.5, 0.6) is 0 Å². The molecule has 4 aliphatic carbocycles. The molecule has 4 saturated carbocycles. The first-order valence-corrected chi connectivity index (χ1v) is 11.2. The van der Waals surface area contributed by atoms with Crippen molar-refractivity contribution in [3.05, 3.63) is 0 Å². The van der Waals surface area contributed by atoms with Crippen LogP contribution in [0.15, 0.2) is 4.99 Å². The fourth-order valence-corrected chi connectivity index (χ4v) is 7.79. The molecule has 0 heterocycles. The molecule has 1 N–H and O–H groups in total. The molecule has 27 heavy (non-hydrogen) atoms. The first-order valence-electron chi connectivity index (χ1n) is 11.2. The Morgan fingerprint density at radius 1 is 1.15 bits per heavy atom. The Morgan fingerprint density at radius 2 is 1.96 bits per heavy atom. The van der Waals surface area contributed by atoms with E-state index in [1.165, 1.54) is 44.2 Å². The largest absolute Gasteiger partial charge is 0.463 e. The lowest BCUT2D eigenvalue weighted by Gasteiger charge is -2.60. The highest BCUT2D eigenvalue weighted by molar-refractivity contribution is 5.92. The molecule has 4 nitrogen and oxygen atoms in total. The van der Waals surface area contributed by atoms with Crippen LogP contribution in [0, 0.1) is 34.5 Å². The fourth-order valence-electron chi connectivity index (χ4n) is 7.79. The minimum atomic E-state index is -0.119. The number of esters is 1. The van der Waals surface area contributed by atoms with Crippen molar-refractivity contribution in [3.8, 4) is 0 Å². The van der Waals surface area contributed by atoms with Gasteiger partial charge in [-0.05, 0) is 86.9 Å². The van der Waals surface area contributed by atoms with Crippen molar-refractivity contribution in [2.45, 2.75) is 84.7 Å². The second-order valence-electron chi connectivity index (χ2n) is 10.2. The number of fused-ring (bicyclic) bond motifs is 5. The van der Waals surface area contributed by atoms with E-state index < -0.39 is 0 Å². The number of nitrogens with zero attached hydrogens (tertiary/aromatic N) is 1. The number of hydrogen-bond acceptors (Lipinski definition) is 4. The van der Waals surface area contributed by atoms with Crippen LogP contribution in [-0.2, 0) is 9.53 Å². The van der Waals surface area contributed by atoms with Crippen LogP contribution in [0.25, 0.3) is 0 Å². The summed E-state index contributed by atoms with van der Waals surface area (Å²) >= 11 is 0. The molecule has 4 aliphatic rings. The van der Waals surface area contributed by atoms with Crippen LogP contribution in [0.2, 0.25) is 0 Å². The molecular formula is C23H37NO3. The van der Waals surface area contributed by atoms with Gasteiger partial charge in [-0.1, -0.05) is 13.8 Å². The predicted octanol–water partition coefficient (Wildman–Crippen LogP) is 4.39. The average Bonchev–Trinajstić information content (AvgIpc) is 2.96. The molecule has 4 rings (SSSR count). The SMILES string of the molecule is CC(=O)O[C@H]1CC[C@@]2(C)[C@H](CC[C@@H]3[C@@H]2CC[C@]2(C)C(=NCCO)CC[C@@H]32)C1. The molecule has 7 atom stereocenters. The highest BCUT2D eigenvalue weighted by Gasteiger charge is 2.59. The van der Waals surface area contributed by atoms with Crippen molar-refractivity contribution in [3.63, 3.8) is 0 Å². The minimum absolute atomic E-state index is 0.119. The van der Waals surface area contributed by atoms with Crippen LogP contribution in [0.4, 0.5) is 0 Å². The quantitative estimate of drug-likeness (QED) is 0.744. The third kappa shape index (κ3) is 3.16. The maximum atomic E-state index is 11.4. The first kappa shape index (κ1) is 19.4. The molecule has 0 radical (unpaired) electrons. The topological polar surface area (TPSA) is 58.9 Å². The second kappa shape index (κ2) is 7.17. The average molecular weight is 376 g/mol. The van der Waals surface area contributed by atoms with Crippen LogP contribution in [-0.4, -0.2) is 36.0 Å². The van der Waals surface area contributed by atoms with Crippen LogP contribution in [0.3, 0.4) is 0 Å². The van der Waals surface area contributed by atoms with Gasteiger partial charge in [0.05, 0.1) is 13.2 Å². The van der Waals surface area contributed by atoms with Crippen molar-refractivity contribution in [1.29, 1.82) is 0 Å². The summed E-state index contributed by atoms with van der Waals surface area (Å²) in [7, 11) is 0. The summed E-state index contributed by atoms with van der Waals surface area (Å²) < 4.78 is 5.58. The predicted molar refractivity (Wildman–Crippen MR) is 107 cm³/mol. The molecule has 0 aromatic rings. The van der Waals surface area contributed by atoms with Crippen molar-refractivity contribution in [2.75, 3.05) is 13.2 Å². The molecule has 4 heteroatoms. The number of rotatable bonds is 3. The summed E-state index contributed by atoms with van der Waals surface area (Å²) in [6, 6.07) is 0. The molecule has 4 fully saturated rings. The van der Waals surface area contributed by atoms with Gasteiger partial charge in [-0.2, -0.15) is 0 Å². The Morgan fingerprint density at radius 3 is 2.70 bits per heavy atom. The Bertz CT molecular complexity index is 617. The molecule has 152 valence electrons. The number of aliphatic hydroxyl groups is 1. The molecule has 0 spiro atoms. The third-order valence-electron chi connectivity index (χ3n) is 9.09. The summed E-state index contributed by atoms with van der Waals surface area (Å²) in [4.78, 5) is 16.2. The van der Waals surface area contributed by atoms with Gasteiger partial charge in [0.2, 0.25) is 0 Å². The van der Waals surface area contributed by atoms with E-state index in [2.05, 4.69) is 13.8 Å². The normalized spacial score (nSPS) is 47.9. The summed E-state index contributed by atoms with van der Waals surface area (Å²) in [5, 5.41) is 9.19. The summed E-state index contributed by atoms with van der Waals surface area (Å²) in [6.45, 7) is 7.30. The van der Waals surface area contributed by atoms with E-state index in [-0.39, 0.29) is 24.1 Å². The van der Waals surface area contributed by atoms with Gasteiger partial charge >= 0.3 is 5.97 Å². The highest BCUT2D eigenvalue weighted by Crippen LogP contribution is 2.65. The maximum Gasteiger partial charge on any atom is 0.302 e. The van der Waals surface area contributed by atoms with E-state index >= 15 is 0 Å². The van der Waals surface area contributed by atoms with Crippen LogP contribution in [0.1, 0.15) is 78.6 Å². The number of hydrogen-bond donors (Lipinski definition) is 1. The lowest BCUT2D eigenvalue weighted by atomic mass is 9.45. The van der Waals surface area contributed by atoms with Crippen LogP contribution >= 0.6 is 0 Å². The van der Waals surface area contributed by atoms with E-state index in [0.717, 1.165) is 37.0 Å². The Hall–Kier alpha value is -0.900. The van der Waals surface area contributed by atoms with E-state index in [1.807, 2.05) is 0 Å². The third-order valence-corrected chi connectivity index (χ3v) is 9.09. The number of aliphatic hydroxyl groups excluding tert-OH is 1. The molecule has 0 aliphatic heterocycles. The van der Waals surface area contributed by atoms with Gasteiger partial charge in [0, 0.05) is 18.1 Å². The Balaban J connectivity index is 1.52. The van der Waals surface area contributed by atoms with E-state index in [0.29, 0.717) is 17.9 Å². The standard InChI is InChI=1S/C23H37NO3/c1-15(26)27-17-8-10-22(2)16(14-17)4-5-18-19-6-7-21(24-12-13-25)23(19,3)11-9-20(18)22/h16-20,25H,4-14H2,1-3H3/t16-,17+,18+,19+,20+,22+,23+/m1/s1. The zero-order chi connectivity index (χ0) is 19.2. The van der Waals surface area contributed by atoms with E-state index in [9.17, 15) is 9.90 Å². The summed E-state index contributed by atoms with van der Waals surface area (Å²) in [6.07, 6.45) is 11.1. The highest BCUT2D eigenvalue weighted by atomic mass is 16.5. The summed E-state index contributed by atoms with van der Waals surface area (Å²) in [5.41, 5.74) is 2.09. The monoisotopic (exact) mass is 375 g/mol. The van der Waals surface area contributed by atoms with Gasteiger partial charge in [-0.25, -0.2) is 0 Å². The smallest absolute Gasteiger partial charge is 0.302 e. The number of aliphatic imine (C=N–C) groups is 1. The molecule has 0 aromatic heterocycles.